The highest BCUT2D eigenvalue weighted by molar-refractivity contribution is 9.10. The van der Waals surface area contributed by atoms with Gasteiger partial charge in [-0.15, -0.1) is 0 Å². The van der Waals surface area contributed by atoms with Crippen molar-refractivity contribution < 1.29 is 4.79 Å². The van der Waals surface area contributed by atoms with Crippen LogP contribution in [0.4, 0.5) is 0 Å². The van der Waals surface area contributed by atoms with Crippen LogP contribution in [0.3, 0.4) is 0 Å². The largest absolute Gasteiger partial charge is 0.298 e. The Morgan fingerprint density at radius 1 is 1.14 bits per heavy atom. The monoisotopic (exact) mass is 360 g/mol. The number of hydrogen-bond acceptors (Lipinski definition) is 2. The lowest BCUT2D eigenvalue weighted by Gasteiger charge is -2.01. The normalized spacial score (nSPS) is 10.6. The minimum absolute atomic E-state index is 0.535. The molecular weight excluding hydrogens is 352 g/mol. The summed E-state index contributed by atoms with van der Waals surface area (Å²) in [5.41, 5.74) is 2.87. The topological polar surface area (TPSA) is 34.9 Å². The van der Waals surface area contributed by atoms with Gasteiger partial charge in [-0.25, -0.2) is 4.68 Å². The van der Waals surface area contributed by atoms with E-state index in [4.69, 9.17) is 11.6 Å². The summed E-state index contributed by atoms with van der Waals surface area (Å²) in [5, 5.41) is 5.13. The molecule has 0 unspecified atom stereocenters. The van der Waals surface area contributed by atoms with Gasteiger partial charge in [-0.05, 0) is 30.3 Å². The standard InChI is InChI=1S/C16H10BrClN2O/c17-13-4-1-3-11(7-13)16-12(10-21)9-20(19-16)15-6-2-5-14(18)8-15/h1-10H. The van der Waals surface area contributed by atoms with E-state index in [1.54, 1.807) is 23.0 Å². The SMILES string of the molecule is O=Cc1cn(-c2cccc(Cl)c2)nc1-c1cccc(Br)c1. The van der Waals surface area contributed by atoms with Gasteiger partial charge >= 0.3 is 0 Å². The molecule has 0 saturated heterocycles. The maximum absolute atomic E-state index is 11.3. The first-order valence-corrected chi connectivity index (χ1v) is 7.41. The van der Waals surface area contributed by atoms with E-state index < -0.39 is 0 Å². The van der Waals surface area contributed by atoms with Crippen LogP contribution in [0.1, 0.15) is 10.4 Å². The zero-order chi connectivity index (χ0) is 14.8. The fourth-order valence-corrected chi connectivity index (χ4v) is 2.67. The molecule has 3 rings (SSSR count). The van der Waals surface area contributed by atoms with Gasteiger partial charge in [0, 0.05) is 21.3 Å². The van der Waals surface area contributed by atoms with E-state index >= 15 is 0 Å². The number of rotatable bonds is 3. The number of carbonyl (C=O) groups is 1. The lowest BCUT2D eigenvalue weighted by Crippen LogP contribution is -1.94. The molecule has 0 N–H and O–H groups in total. The summed E-state index contributed by atoms with van der Waals surface area (Å²) >= 11 is 9.42. The van der Waals surface area contributed by atoms with Crippen molar-refractivity contribution in [2.45, 2.75) is 0 Å². The van der Waals surface area contributed by atoms with Crippen molar-refractivity contribution in [3.05, 3.63) is 69.8 Å². The molecule has 3 aromatic rings. The molecule has 0 amide bonds. The number of hydrogen-bond donors (Lipinski definition) is 0. The van der Waals surface area contributed by atoms with Crippen LogP contribution in [0.5, 0.6) is 0 Å². The molecule has 0 saturated carbocycles. The van der Waals surface area contributed by atoms with Crippen molar-refractivity contribution in [3.63, 3.8) is 0 Å². The van der Waals surface area contributed by atoms with Crippen LogP contribution >= 0.6 is 27.5 Å². The van der Waals surface area contributed by atoms with Crippen molar-refractivity contribution >= 4 is 33.8 Å². The van der Waals surface area contributed by atoms with E-state index in [1.165, 1.54) is 0 Å². The third-order valence-corrected chi connectivity index (χ3v) is 3.77. The predicted molar refractivity (Wildman–Crippen MR) is 87.1 cm³/mol. The highest BCUT2D eigenvalue weighted by atomic mass is 79.9. The second kappa shape index (κ2) is 5.84. The van der Waals surface area contributed by atoms with Gasteiger partial charge in [-0.1, -0.05) is 45.7 Å². The Hall–Kier alpha value is -1.91. The Bertz CT molecular complexity index is 814. The maximum Gasteiger partial charge on any atom is 0.153 e. The predicted octanol–water partition coefficient (Wildman–Crippen LogP) is 4.77. The maximum atomic E-state index is 11.3. The summed E-state index contributed by atoms with van der Waals surface area (Å²) in [6, 6.07) is 15.0. The average Bonchev–Trinajstić information content (AvgIpc) is 2.91. The average molecular weight is 362 g/mol. The Morgan fingerprint density at radius 3 is 2.67 bits per heavy atom. The van der Waals surface area contributed by atoms with Gasteiger partial charge in [0.15, 0.2) is 6.29 Å². The van der Waals surface area contributed by atoms with Gasteiger partial charge in [0.1, 0.15) is 5.69 Å². The molecule has 0 aliphatic heterocycles. The van der Waals surface area contributed by atoms with Crippen LogP contribution in [-0.4, -0.2) is 16.1 Å². The number of aromatic nitrogens is 2. The van der Waals surface area contributed by atoms with Crippen molar-refractivity contribution in [2.24, 2.45) is 0 Å². The quantitative estimate of drug-likeness (QED) is 0.630. The number of benzene rings is 2. The van der Waals surface area contributed by atoms with E-state index in [0.717, 1.165) is 22.0 Å². The van der Waals surface area contributed by atoms with Crippen LogP contribution in [0, 0.1) is 0 Å². The Balaban J connectivity index is 2.13. The molecule has 0 radical (unpaired) electrons. The summed E-state index contributed by atoms with van der Waals surface area (Å²) in [4.78, 5) is 11.3. The fraction of sp³-hybridized carbons (Fsp3) is 0. The molecule has 1 heterocycles. The minimum Gasteiger partial charge on any atom is -0.298 e. The Kier molecular flexibility index (Phi) is 3.90. The first-order valence-electron chi connectivity index (χ1n) is 6.24. The van der Waals surface area contributed by atoms with Crippen LogP contribution < -0.4 is 0 Å². The highest BCUT2D eigenvalue weighted by Crippen LogP contribution is 2.25. The molecule has 0 fully saturated rings. The van der Waals surface area contributed by atoms with Crippen LogP contribution in [0.2, 0.25) is 5.02 Å². The van der Waals surface area contributed by atoms with Crippen LogP contribution in [0.25, 0.3) is 16.9 Å². The summed E-state index contributed by atoms with van der Waals surface area (Å²) in [5.74, 6) is 0. The fourth-order valence-electron chi connectivity index (χ4n) is 2.08. The van der Waals surface area contributed by atoms with Crippen LogP contribution in [0.15, 0.2) is 59.2 Å². The summed E-state index contributed by atoms with van der Waals surface area (Å²) in [7, 11) is 0. The molecule has 21 heavy (non-hydrogen) atoms. The van der Waals surface area contributed by atoms with Gasteiger partial charge in [-0.3, -0.25) is 4.79 Å². The highest BCUT2D eigenvalue weighted by Gasteiger charge is 2.12. The molecule has 0 spiro atoms. The minimum atomic E-state index is 0.535. The molecule has 0 atom stereocenters. The van der Waals surface area contributed by atoms with E-state index in [0.29, 0.717) is 16.3 Å². The summed E-state index contributed by atoms with van der Waals surface area (Å²) in [6.07, 6.45) is 2.51. The van der Waals surface area contributed by atoms with Crippen molar-refractivity contribution in [2.75, 3.05) is 0 Å². The number of halogens is 2. The smallest absolute Gasteiger partial charge is 0.153 e. The molecule has 2 aromatic carbocycles. The first-order chi connectivity index (χ1) is 10.2. The zero-order valence-electron chi connectivity index (χ0n) is 10.8. The van der Waals surface area contributed by atoms with E-state index in [-0.39, 0.29) is 0 Å². The second-order valence-corrected chi connectivity index (χ2v) is 5.84. The molecule has 1 aromatic heterocycles. The third kappa shape index (κ3) is 2.91. The number of aldehydes is 1. The number of carbonyl (C=O) groups excluding carboxylic acids is 1. The molecule has 0 bridgehead atoms. The molecular formula is C16H10BrClN2O. The van der Waals surface area contributed by atoms with Gasteiger partial charge in [0.05, 0.1) is 11.3 Å². The lowest BCUT2D eigenvalue weighted by molar-refractivity contribution is 0.112. The van der Waals surface area contributed by atoms with E-state index in [1.807, 2.05) is 36.4 Å². The van der Waals surface area contributed by atoms with Gasteiger partial charge in [0.25, 0.3) is 0 Å². The number of nitrogens with zero attached hydrogens (tertiary/aromatic N) is 2. The molecule has 104 valence electrons. The third-order valence-electron chi connectivity index (χ3n) is 3.04. The van der Waals surface area contributed by atoms with Crippen molar-refractivity contribution in [1.29, 1.82) is 0 Å². The van der Waals surface area contributed by atoms with Crippen molar-refractivity contribution in [1.82, 2.24) is 9.78 Å². The lowest BCUT2D eigenvalue weighted by atomic mass is 10.1. The second-order valence-electron chi connectivity index (χ2n) is 4.49. The molecule has 0 aliphatic rings. The Morgan fingerprint density at radius 2 is 1.95 bits per heavy atom. The van der Waals surface area contributed by atoms with E-state index in [2.05, 4.69) is 21.0 Å². The zero-order valence-corrected chi connectivity index (χ0v) is 13.2. The summed E-state index contributed by atoms with van der Waals surface area (Å²) in [6.45, 7) is 0. The van der Waals surface area contributed by atoms with E-state index in [9.17, 15) is 4.79 Å². The molecule has 3 nitrogen and oxygen atoms in total. The molecule has 0 aliphatic carbocycles. The van der Waals surface area contributed by atoms with Crippen LogP contribution in [-0.2, 0) is 0 Å². The first kappa shape index (κ1) is 14.0. The van der Waals surface area contributed by atoms with Gasteiger partial charge in [-0.2, -0.15) is 5.10 Å². The summed E-state index contributed by atoms with van der Waals surface area (Å²) < 4.78 is 2.60. The van der Waals surface area contributed by atoms with Gasteiger partial charge < -0.3 is 0 Å². The Labute approximate surface area is 135 Å². The molecule has 5 heteroatoms. The van der Waals surface area contributed by atoms with Gasteiger partial charge in [0.2, 0.25) is 0 Å². The van der Waals surface area contributed by atoms with Crippen molar-refractivity contribution in [3.8, 4) is 16.9 Å².